The van der Waals surface area contributed by atoms with Gasteiger partial charge in [0.2, 0.25) is 0 Å². The van der Waals surface area contributed by atoms with E-state index in [0.29, 0.717) is 37.6 Å². The molecule has 1 aliphatic heterocycles. The predicted molar refractivity (Wildman–Crippen MR) is 73.7 cm³/mol. The number of aryl methyl sites for hydroxylation is 1. The zero-order valence-corrected chi connectivity index (χ0v) is 12.4. The molecule has 4 N–H and O–H groups in total. The summed E-state index contributed by atoms with van der Waals surface area (Å²) >= 11 is 0. The molecule has 0 aliphatic carbocycles. The summed E-state index contributed by atoms with van der Waals surface area (Å²) in [6.07, 6.45) is 0. The van der Waals surface area contributed by atoms with Crippen molar-refractivity contribution in [2.45, 2.75) is 18.5 Å². The molecule has 2 rings (SSSR count). The van der Waals surface area contributed by atoms with Gasteiger partial charge in [0, 0.05) is 44.0 Å². The Morgan fingerprint density at radius 3 is 2.80 bits per heavy atom. The molecule has 0 bridgehead atoms. The lowest BCUT2D eigenvalue weighted by Gasteiger charge is -2.26. The van der Waals surface area contributed by atoms with E-state index >= 15 is 0 Å². The summed E-state index contributed by atoms with van der Waals surface area (Å²) in [6.45, 7) is 5.95. The lowest BCUT2D eigenvalue weighted by atomic mass is 10.3. The predicted octanol–water partition coefficient (Wildman–Crippen LogP) is -1.21. The number of hydrogen-bond acceptors (Lipinski definition) is 6. The van der Waals surface area contributed by atoms with Gasteiger partial charge in [0.15, 0.2) is 5.03 Å². The Morgan fingerprint density at radius 1 is 1.45 bits per heavy atom. The summed E-state index contributed by atoms with van der Waals surface area (Å²) in [7, 11) is -3.61. The quantitative estimate of drug-likeness (QED) is 0.607. The Morgan fingerprint density at radius 2 is 2.15 bits per heavy atom. The molecule has 114 valence electrons. The van der Waals surface area contributed by atoms with E-state index in [-0.39, 0.29) is 11.6 Å². The molecule has 1 fully saturated rings. The van der Waals surface area contributed by atoms with Gasteiger partial charge in [0.1, 0.15) is 0 Å². The van der Waals surface area contributed by atoms with Crippen molar-refractivity contribution in [3.8, 4) is 0 Å². The first-order valence-electron chi connectivity index (χ1n) is 6.58. The van der Waals surface area contributed by atoms with Crippen molar-refractivity contribution in [1.82, 2.24) is 19.8 Å². The molecule has 0 unspecified atom stereocenters. The van der Waals surface area contributed by atoms with Crippen LogP contribution >= 0.6 is 0 Å². The number of nitrogens with one attached hydrogen (secondary N) is 2. The topological polar surface area (TPSA) is 113 Å². The van der Waals surface area contributed by atoms with Crippen LogP contribution in [0.5, 0.6) is 0 Å². The molecule has 1 aliphatic rings. The Balaban J connectivity index is 1.93. The molecule has 1 saturated heterocycles. The minimum atomic E-state index is -3.61. The summed E-state index contributed by atoms with van der Waals surface area (Å²) in [6, 6.07) is 0. The van der Waals surface area contributed by atoms with Gasteiger partial charge in [-0.2, -0.15) is 5.10 Å². The minimum Gasteiger partial charge on any atom is -0.379 e. The van der Waals surface area contributed by atoms with Crippen LogP contribution < -0.4 is 10.5 Å². The number of sulfonamides is 1. The van der Waals surface area contributed by atoms with E-state index in [1.807, 2.05) is 0 Å². The highest BCUT2D eigenvalue weighted by atomic mass is 32.2. The average molecular weight is 303 g/mol. The summed E-state index contributed by atoms with van der Waals surface area (Å²) in [5.41, 5.74) is 6.78. The number of H-pyrrole nitrogens is 1. The van der Waals surface area contributed by atoms with E-state index < -0.39 is 10.0 Å². The third kappa shape index (κ3) is 3.55. The van der Waals surface area contributed by atoms with Crippen LogP contribution in [0.2, 0.25) is 0 Å². The third-order valence-electron chi connectivity index (χ3n) is 3.32. The Hall–Kier alpha value is -1.00. The first-order chi connectivity index (χ1) is 9.54. The summed E-state index contributed by atoms with van der Waals surface area (Å²) < 4.78 is 32.2. The molecule has 2 heterocycles. The molecule has 0 radical (unpaired) electrons. The molecule has 1 aromatic rings. The zero-order chi connectivity index (χ0) is 14.6. The second-order valence-electron chi connectivity index (χ2n) is 4.69. The van der Waals surface area contributed by atoms with E-state index in [1.54, 1.807) is 6.92 Å². The maximum Gasteiger partial charge on any atom is 0.260 e. The number of ether oxygens (including phenoxy) is 1. The lowest BCUT2D eigenvalue weighted by Crippen LogP contribution is -2.41. The van der Waals surface area contributed by atoms with Gasteiger partial charge in [-0.3, -0.25) is 10.00 Å². The zero-order valence-electron chi connectivity index (χ0n) is 11.6. The van der Waals surface area contributed by atoms with Crippen molar-refractivity contribution in [1.29, 1.82) is 0 Å². The molecule has 0 saturated carbocycles. The number of hydrogen-bond donors (Lipinski definition) is 3. The van der Waals surface area contributed by atoms with E-state index in [2.05, 4.69) is 19.8 Å². The fourth-order valence-corrected chi connectivity index (χ4v) is 3.35. The third-order valence-corrected chi connectivity index (χ3v) is 4.75. The van der Waals surface area contributed by atoms with Crippen molar-refractivity contribution in [3.63, 3.8) is 0 Å². The average Bonchev–Trinajstić information content (AvgIpc) is 2.81. The van der Waals surface area contributed by atoms with Crippen molar-refractivity contribution in [2.75, 3.05) is 39.4 Å². The van der Waals surface area contributed by atoms with Gasteiger partial charge in [-0.1, -0.05) is 0 Å². The van der Waals surface area contributed by atoms with Crippen LogP contribution in [0.4, 0.5) is 0 Å². The van der Waals surface area contributed by atoms with Crippen LogP contribution in [0.15, 0.2) is 5.03 Å². The normalized spacial score (nSPS) is 17.5. The van der Waals surface area contributed by atoms with E-state index in [4.69, 9.17) is 10.5 Å². The number of nitrogens with two attached hydrogens (primary N) is 1. The van der Waals surface area contributed by atoms with Gasteiger partial charge in [-0.15, -0.1) is 0 Å². The minimum absolute atomic E-state index is 0.000484. The molecule has 20 heavy (non-hydrogen) atoms. The van der Waals surface area contributed by atoms with Crippen molar-refractivity contribution in [3.05, 3.63) is 11.3 Å². The summed E-state index contributed by atoms with van der Waals surface area (Å²) in [5.74, 6) is 0. The van der Waals surface area contributed by atoms with Crippen LogP contribution in [-0.4, -0.2) is 62.9 Å². The first kappa shape index (κ1) is 15.4. The number of rotatable bonds is 6. The van der Waals surface area contributed by atoms with Crippen molar-refractivity contribution < 1.29 is 13.2 Å². The number of nitrogens with zero attached hydrogens (tertiary/aromatic N) is 2. The second-order valence-corrected chi connectivity index (χ2v) is 6.37. The SMILES string of the molecule is Cc1[nH]nc(S(=O)(=O)NCCN2CCOCC2)c1CN. The van der Waals surface area contributed by atoms with Gasteiger partial charge >= 0.3 is 0 Å². The van der Waals surface area contributed by atoms with Crippen LogP contribution in [0, 0.1) is 6.92 Å². The molecular formula is C11H21N5O3S. The lowest BCUT2D eigenvalue weighted by molar-refractivity contribution is 0.0390. The fraction of sp³-hybridized carbons (Fsp3) is 0.727. The molecular weight excluding hydrogens is 282 g/mol. The van der Waals surface area contributed by atoms with Crippen LogP contribution in [0.1, 0.15) is 11.3 Å². The van der Waals surface area contributed by atoms with Gasteiger partial charge in [-0.25, -0.2) is 13.1 Å². The van der Waals surface area contributed by atoms with Gasteiger partial charge in [-0.05, 0) is 6.92 Å². The molecule has 0 aromatic carbocycles. The van der Waals surface area contributed by atoms with Crippen molar-refractivity contribution in [2.24, 2.45) is 5.73 Å². The summed E-state index contributed by atoms with van der Waals surface area (Å²) in [4.78, 5) is 2.16. The molecule has 0 atom stereocenters. The summed E-state index contributed by atoms with van der Waals surface area (Å²) in [5, 5.41) is 6.49. The molecule has 0 amide bonds. The van der Waals surface area contributed by atoms with E-state index in [0.717, 1.165) is 13.1 Å². The highest BCUT2D eigenvalue weighted by molar-refractivity contribution is 7.89. The number of aromatic amines is 1. The Kier molecular flexibility index (Phi) is 5.11. The van der Waals surface area contributed by atoms with Crippen LogP contribution in [-0.2, 0) is 21.3 Å². The standard InChI is InChI=1S/C11H21N5O3S/c1-9-10(8-12)11(15-14-9)20(17,18)13-2-3-16-4-6-19-7-5-16/h13H,2-8,12H2,1H3,(H,14,15). The Labute approximate surface area is 118 Å². The van der Waals surface area contributed by atoms with Gasteiger partial charge in [0.25, 0.3) is 10.0 Å². The maximum atomic E-state index is 12.2. The number of morpholine rings is 1. The molecule has 1 aromatic heterocycles. The largest absolute Gasteiger partial charge is 0.379 e. The monoisotopic (exact) mass is 303 g/mol. The van der Waals surface area contributed by atoms with Gasteiger partial charge in [0.05, 0.1) is 13.2 Å². The highest BCUT2D eigenvalue weighted by Crippen LogP contribution is 2.14. The Bertz CT molecular complexity index is 536. The molecule has 9 heteroatoms. The smallest absolute Gasteiger partial charge is 0.260 e. The maximum absolute atomic E-state index is 12.2. The highest BCUT2D eigenvalue weighted by Gasteiger charge is 2.23. The van der Waals surface area contributed by atoms with Crippen molar-refractivity contribution >= 4 is 10.0 Å². The first-order valence-corrected chi connectivity index (χ1v) is 8.06. The van der Waals surface area contributed by atoms with E-state index in [9.17, 15) is 8.42 Å². The molecule has 0 spiro atoms. The second kappa shape index (κ2) is 6.64. The fourth-order valence-electron chi connectivity index (χ4n) is 2.12. The number of aromatic nitrogens is 2. The van der Waals surface area contributed by atoms with Crippen LogP contribution in [0.25, 0.3) is 0 Å². The molecule has 8 nitrogen and oxygen atoms in total. The van der Waals surface area contributed by atoms with E-state index in [1.165, 1.54) is 0 Å². The van der Waals surface area contributed by atoms with Gasteiger partial charge < -0.3 is 10.5 Å². The van der Waals surface area contributed by atoms with Crippen LogP contribution in [0.3, 0.4) is 0 Å².